The van der Waals surface area contributed by atoms with E-state index in [4.69, 9.17) is 0 Å². The number of benzene rings is 2. The summed E-state index contributed by atoms with van der Waals surface area (Å²) in [5.41, 5.74) is 4.45. The second-order valence-electron chi connectivity index (χ2n) is 7.53. The number of imidazole rings is 1. The molecule has 126 valence electrons. The summed E-state index contributed by atoms with van der Waals surface area (Å²) in [7, 11) is 1.80. The van der Waals surface area contributed by atoms with E-state index in [0.717, 1.165) is 22.2 Å². The minimum Gasteiger partial charge on any atom is -0.295 e. The summed E-state index contributed by atoms with van der Waals surface area (Å²) < 4.78 is 16.4. The lowest BCUT2D eigenvalue weighted by atomic mass is 9.97. The van der Waals surface area contributed by atoms with Crippen molar-refractivity contribution in [3.05, 3.63) is 58.5 Å². The number of aryl methyl sites for hydroxylation is 1. The second kappa shape index (κ2) is 5.93. The molecule has 0 spiro atoms. The van der Waals surface area contributed by atoms with Crippen LogP contribution < -0.4 is 5.69 Å². The summed E-state index contributed by atoms with van der Waals surface area (Å²) in [6.07, 6.45) is 0. The molecule has 0 atom stereocenters. The van der Waals surface area contributed by atoms with E-state index >= 15 is 0 Å². The van der Waals surface area contributed by atoms with E-state index in [2.05, 4.69) is 20.8 Å². The fourth-order valence-corrected chi connectivity index (χ4v) is 3.05. The van der Waals surface area contributed by atoms with Crippen molar-refractivity contribution in [2.24, 2.45) is 12.5 Å². The van der Waals surface area contributed by atoms with Gasteiger partial charge in [0, 0.05) is 13.6 Å². The highest BCUT2D eigenvalue weighted by atomic mass is 19.1. The van der Waals surface area contributed by atoms with Gasteiger partial charge in [-0.25, -0.2) is 9.18 Å². The topological polar surface area (TPSA) is 26.9 Å². The highest BCUT2D eigenvalue weighted by Gasteiger charge is 2.18. The molecule has 1 aromatic heterocycles. The molecule has 3 rings (SSSR count). The SMILES string of the molecule is Cn1c(=O)n(CC(C)(C)C)c2ccc(-c3cccc(CF)c3)cc21. The normalized spacial score (nSPS) is 12.0. The molecule has 0 bridgehead atoms. The number of aromatic nitrogens is 2. The number of rotatable bonds is 3. The molecule has 24 heavy (non-hydrogen) atoms. The Morgan fingerprint density at radius 2 is 1.71 bits per heavy atom. The molecule has 0 amide bonds. The summed E-state index contributed by atoms with van der Waals surface area (Å²) in [4.78, 5) is 12.6. The fraction of sp³-hybridized carbons (Fsp3) is 0.350. The van der Waals surface area contributed by atoms with Crippen LogP contribution in [-0.4, -0.2) is 9.13 Å². The molecule has 0 aliphatic heterocycles. The number of nitrogens with zero attached hydrogens (tertiary/aromatic N) is 2. The first-order valence-corrected chi connectivity index (χ1v) is 8.15. The first kappa shape index (κ1) is 16.5. The highest BCUT2D eigenvalue weighted by Crippen LogP contribution is 2.26. The third kappa shape index (κ3) is 3.01. The Morgan fingerprint density at radius 3 is 2.38 bits per heavy atom. The van der Waals surface area contributed by atoms with Gasteiger partial charge in [0.2, 0.25) is 0 Å². The summed E-state index contributed by atoms with van der Waals surface area (Å²) in [5.74, 6) is 0. The van der Waals surface area contributed by atoms with Crippen molar-refractivity contribution in [2.75, 3.05) is 0 Å². The van der Waals surface area contributed by atoms with Gasteiger partial charge in [-0.05, 0) is 40.3 Å². The van der Waals surface area contributed by atoms with Gasteiger partial charge in [-0.3, -0.25) is 9.13 Å². The molecule has 0 saturated carbocycles. The average Bonchev–Trinajstić information content (AvgIpc) is 2.78. The smallest absolute Gasteiger partial charge is 0.295 e. The first-order valence-electron chi connectivity index (χ1n) is 8.15. The number of alkyl halides is 1. The van der Waals surface area contributed by atoms with Gasteiger partial charge in [0.15, 0.2) is 0 Å². The van der Waals surface area contributed by atoms with Crippen LogP contribution >= 0.6 is 0 Å². The van der Waals surface area contributed by atoms with E-state index in [1.54, 1.807) is 17.7 Å². The first-order chi connectivity index (χ1) is 11.3. The molecule has 0 fully saturated rings. The van der Waals surface area contributed by atoms with Gasteiger partial charge in [-0.2, -0.15) is 0 Å². The minimum absolute atomic E-state index is 0.00501. The number of halogens is 1. The summed E-state index contributed by atoms with van der Waals surface area (Å²) in [6.45, 7) is 6.55. The summed E-state index contributed by atoms with van der Waals surface area (Å²) in [5, 5.41) is 0. The van der Waals surface area contributed by atoms with E-state index in [1.165, 1.54) is 0 Å². The van der Waals surface area contributed by atoms with Crippen molar-refractivity contribution in [1.29, 1.82) is 0 Å². The van der Waals surface area contributed by atoms with Crippen LogP contribution in [0.1, 0.15) is 26.3 Å². The largest absolute Gasteiger partial charge is 0.328 e. The molecular weight excluding hydrogens is 303 g/mol. The van der Waals surface area contributed by atoms with Crippen LogP contribution in [0.4, 0.5) is 4.39 Å². The fourth-order valence-electron chi connectivity index (χ4n) is 3.05. The maximum Gasteiger partial charge on any atom is 0.328 e. The second-order valence-corrected chi connectivity index (χ2v) is 7.53. The molecule has 3 nitrogen and oxygen atoms in total. The maximum atomic E-state index is 12.9. The maximum absolute atomic E-state index is 12.9. The lowest BCUT2D eigenvalue weighted by Gasteiger charge is -2.18. The van der Waals surface area contributed by atoms with E-state index in [-0.39, 0.29) is 11.1 Å². The van der Waals surface area contributed by atoms with Gasteiger partial charge in [0.25, 0.3) is 0 Å². The molecule has 0 N–H and O–H groups in total. The molecule has 3 aromatic rings. The lowest BCUT2D eigenvalue weighted by molar-refractivity contribution is 0.342. The molecule has 2 aromatic carbocycles. The quantitative estimate of drug-likeness (QED) is 0.695. The summed E-state index contributed by atoms with van der Waals surface area (Å²) in [6, 6.07) is 13.4. The Morgan fingerprint density at radius 1 is 1.00 bits per heavy atom. The predicted molar refractivity (Wildman–Crippen MR) is 96.9 cm³/mol. The van der Waals surface area contributed by atoms with Gasteiger partial charge in [0.05, 0.1) is 11.0 Å². The van der Waals surface area contributed by atoms with E-state index in [9.17, 15) is 9.18 Å². The van der Waals surface area contributed by atoms with Gasteiger partial charge in [0.1, 0.15) is 6.67 Å². The van der Waals surface area contributed by atoms with Crippen LogP contribution in [0.5, 0.6) is 0 Å². The average molecular weight is 326 g/mol. The molecule has 0 radical (unpaired) electrons. The van der Waals surface area contributed by atoms with E-state index < -0.39 is 6.67 Å². The van der Waals surface area contributed by atoms with Crippen molar-refractivity contribution in [1.82, 2.24) is 9.13 Å². The van der Waals surface area contributed by atoms with Crippen molar-refractivity contribution >= 4 is 11.0 Å². The standard InChI is InChI=1S/C20H23FN2O/c1-20(2,3)13-23-17-9-8-16(11-18(17)22(4)19(23)24)15-7-5-6-14(10-15)12-21/h5-11H,12-13H2,1-4H3. The van der Waals surface area contributed by atoms with Crippen LogP contribution in [0, 0.1) is 5.41 Å². The zero-order valence-electron chi connectivity index (χ0n) is 14.6. The number of hydrogen-bond acceptors (Lipinski definition) is 1. The number of fused-ring (bicyclic) bond motifs is 1. The van der Waals surface area contributed by atoms with E-state index in [0.29, 0.717) is 12.1 Å². The zero-order chi connectivity index (χ0) is 17.5. The Balaban J connectivity index is 2.15. The Hall–Kier alpha value is -2.36. The molecule has 0 saturated heterocycles. The van der Waals surface area contributed by atoms with Gasteiger partial charge >= 0.3 is 5.69 Å². The monoisotopic (exact) mass is 326 g/mol. The molecule has 4 heteroatoms. The van der Waals surface area contributed by atoms with Gasteiger partial charge < -0.3 is 0 Å². The molecule has 0 aliphatic carbocycles. The number of hydrogen-bond donors (Lipinski definition) is 0. The molecule has 1 heterocycles. The van der Waals surface area contributed by atoms with Crippen molar-refractivity contribution < 1.29 is 4.39 Å². The van der Waals surface area contributed by atoms with Crippen LogP contribution in [0.3, 0.4) is 0 Å². The predicted octanol–water partition coefficient (Wildman–Crippen LogP) is 4.52. The Bertz CT molecular complexity index is 944. The Labute approximate surface area is 141 Å². The highest BCUT2D eigenvalue weighted by molar-refractivity contribution is 5.82. The van der Waals surface area contributed by atoms with Crippen molar-refractivity contribution in [3.8, 4) is 11.1 Å². The third-order valence-electron chi connectivity index (χ3n) is 4.19. The zero-order valence-corrected chi connectivity index (χ0v) is 14.6. The molecular formula is C20H23FN2O. The molecule has 0 aliphatic rings. The van der Waals surface area contributed by atoms with Crippen molar-refractivity contribution in [3.63, 3.8) is 0 Å². The van der Waals surface area contributed by atoms with E-state index in [1.807, 2.05) is 41.0 Å². The van der Waals surface area contributed by atoms with Gasteiger partial charge in [-0.15, -0.1) is 0 Å². The van der Waals surface area contributed by atoms with Crippen LogP contribution in [0.2, 0.25) is 0 Å². The van der Waals surface area contributed by atoms with Crippen molar-refractivity contribution in [2.45, 2.75) is 34.0 Å². The molecule has 0 unspecified atom stereocenters. The van der Waals surface area contributed by atoms with Crippen LogP contribution in [-0.2, 0) is 20.3 Å². The summed E-state index contributed by atoms with van der Waals surface area (Å²) >= 11 is 0. The van der Waals surface area contributed by atoms with Crippen LogP contribution in [0.25, 0.3) is 22.2 Å². The minimum atomic E-state index is -0.476. The van der Waals surface area contributed by atoms with Gasteiger partial charge in [-0.1, -0.05) is 45.0 Å². The van der Waals surface area contributed by atoms with Crippen LogP contribution in [0.15, 0.2) is 47.3 Å². The third-order valence-corrected chi connectivity index (χ3v) is 4.19. The lowest BCUT2D eigenvalue weighted by Crippen LogP contribution is -2.27. The Kier molecular flexibility index (Phi) is 4.08.